The van der Waals surface area contributed by atoms with E-state index in [1.165, 1.54) is 0 Å². The summed E-state index contributed by atoms with van der Waals surface area (Å²) in [5.74, 6) is -0.00389. The molecule has 3 heteroatoms. The van der Waals surface area contributed by atoms with Crippen LogP contribution in [0.15, 0.2) is 0 Å². The number of carbonyl (C=O) groups is 1. The van der Waals surface area contributed by atoms with Crippen molar-refractivity contribution in [2.45, 2.75) is 32.6 Å². The predicted octanol–water partition coefficient (Wildman–Crippen LogP) is 2.28. The molecule has 0 spiro atoms. The Bertz CT molecular complexity index is 138. The summed E-state index contributed by atoms with van der Waals surface area (Å²) in [4.78, 5) is 18.0. The minimum absolute atomic E-state index is 0.00389. The van der Waals surface area contributed by atoms with Crippen molar-refractivity contribution < 1.29 is 9.53 Å². The summed E-state index contributed by atoms with van der Waals surface area (Å²) in [7, 11) is 0. The maximum atomic E-state index is 11.2. The van der Waals surface area contributed by atoms with Crippen molar-refractivity contribution in [1.29, 1.82) is 0 Å². The molecular formula is C8H18O2Sn. The van der Waals surface area contributed by atoms with Crippen LogP contribution in [0.2, 0.25) is 18.8 Å². The van der Waals surface area contributed by atoms with E-state index in [2.05, 4.69) is 14.8 Å². The van der Waals surface area contributed by atoms with Gasteiger partial charge in [0.25, 0.3) is 0 Å². The van der Waals surface area contributed by atoms with Gasteiger partial charge in [-0.15, -0.1) is 0 Å². The van der Waals surface area contributed by atoms with Crippen LogP contribution in [-0.2, 0) is 9.53 Å². The van der Waals surface area contributed by atoms with E-state index < -0.39 is 18.4 Å². The summed E-state index contributed by atoms with van der Waals surface area (Å²) in [5.41, 5.74) is 0. The van der Waals surface area contributed by atoms with E-state index >= 15 is 0 Å². The molecular weight excluding hydrogens is 247 g/mol. The molecule has 0 bridgehead atoms. The molecule has 0 aliphatic carbocycles. The molecule has 0 rings (SSSR count). The van der Waals surface area contributed by atoms with Gasteiger partial charge in [0.15, 0.2) is 0 Å². The van der Waals surface area contributed by atoms with Crippen molar-refractivity contribution in [1.82, 2.24) is 0 Å². The van der Waals surface area contributed by atoms with Crippen LogP contribution in [0.25, 0.3) is 0 Å². The quantitative estimate of drug-likeness (QED) is 0.578. The summed E-state index contributed by atoms with van der Waals surface area (Å²) in [6, 6.07) is 0. The first kappa shape index (κ1) is 11.3. The van der Waals surface area contributed by atoms with Gasteiger partial charge in [0.1, 0.15) is 0 Å². The average molecular weight is 265 g/mol. The topological polar surface area (TPSA) is 26.3 Å². The minimum atomic E-state index is -2.02. The molecule has 0 aromatic heterocycles. The van der Waals surface area contributed by atoms with Crippen LogP contribution < -0.4 is 0 Å². The molecule has 66 valence electrons. The van der Waals surface area contributed by atoms with E-state index in [4.69, 9.17) is 4.74 Å². The fraction of sp³-hybridized carbons (Fsp3) is 0.875. The van der Waals surface area contributed by atoms with Gasteiger partial charge in [-0.25, -0.2) is 0 Å². The molecule has 0 N–H and O–H groups in total. The molecule has 0 fully saturated rings. The first-order valence-electron chi connectivity index (χ1n) is 4.06. The first-order chi connectivity index (χ1) is 4.89. The van der Waals surface area contributed by atoms with Gasteiger partial charge >= 0.3 is 73.1 Å². The number of hydrogen-bond donors (Lipinski definition) is 0. The van der Waals surface area contributed by atoms with Gasteiger partial charge < -0.3 is 0 Å². The van der Waals surface area contributed by atoms with Gasteiger partial charge in [0, 0.05) is 0 Å². The number of ether oxygens (including phenoxy) is 1. The van der Waals surface area contributed by atoms with Gasteiger partial charge in [-0.05, 0) is 0 Å². The Hall–Kier alpha value is 0.269. The summed E-state index contributed by atoms with van der Waals surface area (Å²) in [6.07, 6.45) is 0. The van der Waals surface area contributed by atoms with Crippen molar-refractivity contribution in [3.05, 3.63) is 0 Å². The first-order valence-corrected chi connectivity index (χ1v) is 14.3. The Morgan fingerprint density at radius 1 is 1.45 bits per heavy atom. The molecule has 0 aromatic rings. The van der Waals surface area contributed by atoms with Gasteiger partial charge in [-0.3, -0.25) is 0 Å². The van der Waals surface area contributed by atoms with Crippen LogP contribution in [0.5, 0.6) is 0 Å². The summed E-state index contributed by atoms with van der Waals surface area (Å²) < 4.78 is 5.13. The third-order valence-electron chi connectivity index (χ3n) is 1.94. The number of esters is 1. The molecule has 11 heavy (non-hydrogen) atoms. The Balaban J connectivity index is 4.03. The van der Waals surface area contributed by atoms with Gasteiger partial charge in [-0.2, -0.15) is 0 Å². The molecule has 0 saturated heterocycles. The van der Waals surface area contributed by atoms with Crippen LogP contribution in [0.3, 0.4) is 0 Å². The summed E-state index contributed by atoms with van der Waals surface area (Å²) >= 11 is -2.02. The second-order valence-electron chi connectivity index (χ2n) is 3.84. The second-order valence-corrected chi connectivity index (χ2v) is 19.8. The maximum absolute atomic E-state index is 11.2. The Morgan fingerprint density at radius 3 is 2.18 bits per heavy atom. The van der Waals surface area contributed by atoms with Gasteiger partial charge in [0.05, 0.1) is 0 Å². The monoisotopic (exact) mass is 266 g/mol. The van der Waals surface area contributed by atoms with E-state index in [1.807, 2.05) is 13.8 Å². The van der Waals surface area contributed by atoms with Crippen molar-refractivity contribution in [2.75, 3.05) is 6.61 Å². The molecule has 0 amide bonds. The van der Waals surface area contributed by atoms with E-state index in [1.54, 1.807) is 0 Å². The van der Waals surface area contributed by atoms with Gasteiger partial charge in [-0.1, -0.05) is 0 Å². The van der Waals surface area contributed by atoms with Crippen LogP contribution in [0, 0.1) is 0 Å². The van der Waals surface area contributed by atoms with Crippen molar-refractivity contribution >= 4 is 24.3 Å². The van der Waals surface area contributed by atoms with E-state index in [0.717, 1.165) is 0 Å². The zero-order chi connectivity index (χ0) is 9.07. The molecule has 0 heterocycles. The normalized spacial score (nSPS) is 14.3. The number of hydrogen-bond acceptors (Lipinski definition) is 2. The van der Waals surface area contributed by atoms with Crippen molar-refractivity contribution in [2.24, 2.45) is 0 Å². The van der Waals surface area contributed by atoms with E-state index in [0.29, 0.717) is 6.61 Å². The average Bonchev–Trinajstić information content (AvgIpc) is 1.85. The van der Waals surface area contributed by atoms with Crippen LogP contribution in [0.1, 0.15) is 13.8 Å². The van der Waals surface area contributed by atoms with E-state index in [-0.39, 0.29) is 9.90 Å². The van der Waals surface area contributed by atoms with Crippen LogP contribution in [0.4, 0.5) is 0 Å². The zero-order valence-electron chi connectivity index (χ0n) is 8.10. The summed E-state index contributed by atoms with van der Waals surface area (Å²) in [5, 5.41) is 0. The second kappa shape index (κ2) is 4.33. The van der Waals surface area contributed by atoms with Crippen molar-refractivity contribution in [3.63, 3.8) is 0 Å². The van der Waals surface area contributed by atoms with Crippen LogP contribution in [-0.4, -0.2) is 31.0 Å². The molecule has 1 atom stereocenters. The van der Waals surface area contributed by atoms with Gasteiger partial charge in [0.2, 0.25) is 0 Å². The van der Waals surface area contributed by atoms with E-state index in [9.17, 15) is 4.79 Å². The summed E-state index contributed by atoms with van der Waals surface area (Å²) in [6.45, 7) is 4.35. The van der Waals surface area contributed by atoms with Crippen molar-refractivity contribution in [3.8, 4) is 0 Å². The molecule has 1 unspecified atom stereocenters. The zero-order valence-corrected chi connectivity index (χ0v) is 11.0. The fourth-order valence-electron chi connectivity index (χ4n) is 0.621. The molecule has 0 radical (unpaired) electrons. The predicted molar refractivity (Wildman–Crippen MR) is 49.4 cm³/mol. The molecule has 0 aromatic carbocycles. The third kappa shape index (κ3) is 3.99. The van der Waals surface area contributed by atoms with Crippen LogP contribution >= 0.6 is 0 Å². The number of rotatable bonds is 3. The number of carbonyl (C=O) groups excluding carboxylic acids is 1. The Morgan fingerprint density at radius 2 is 1.91 bits per heavy atom. The Labute approximate surface area is 73.2 Å². The fourth-order valence-corrected chi connectivity index (χ4v) is 2.88. The molecule has 0 aliphatic rings. The Kier molecular flexibility index (Phi) is 4.44. The SMILES string of the molecule is CCOC(=O)[CH](C)[Sn]([CH3])([CH3])[CH3]. The third-order valence-corrected chi connectivity index (χ3v) is 10.0. The molecule has 2 nitrogen and oxygen atoms in total. The molecule has 0 saturated carbocycles. The molecule has 0 aliphatic heterocycles. The standard InChI is InChI=1S/C5H9O2.3CH3.Sn/c1-3-5(6)7-4-2;;;;/h3H,4H2,1-2H3;3*1H3;.